The predicted octanol–water partition coefficient (Wildman–Crippen LogP) is 2.04. The number of nitrogens with zero attached hydrogens (tertiary/aromatic N) is 4. The van der Waals surface area contributed by atoms with Crippen molar-refractivity contribution in [2.75, 3.05) is 13.1 Å². The third kappa shape index (κ3) is 2.88. The highest BCUT2D eigenvalue weighted by Crippen LogP contribution is 2.31. The zero-order valence-electron chi connectivity index (χ0n) is 13.6. The molecule has 0 atom stereocenters. The van der Waals surface area contributed by atoms with Crippen molar-refractivity contribution in [3.8, 4) is 0 Å². The van der Waals surface area contributed by atoms with E-state index in [0.29, 0.717) is 0 Å². The lowest BCUT2D eigenvalue weighted by atomic mass is 9.84. The summed E-state index contributed by atoms with van der Waals surface area (Å²) in [5.74, 6) is 1.08. The highest BCUT2D eigenvalue weighted by Gasteiger charge is 2.42. The Balaban J connectivity index is 2.23. The summed E-state index contributed by atoms with van der Waals surface area (Å²) in [5, 5.41) is 8.00. The molecule has 1 aliphatic rings. The summed E-state index contributed by atoms with van der Waals surface area (Å²) in [6, 6.07) is 0. The smallest absolute Gasteiger partial charge is 0.141 e. The summed E-state index contributed by atoms with van der Waals surface area (Å²) in [5.41, 5.74) is 0.394. The van der Waals surface area contributed by atoms with Crippen molar-refractivity contribution < 1.29 is 0 Å². The molecule has 1 aromatic heterocycles. The predicted molar refractivity (Wildman–Crippen MR) is 81.5 cm³/mol. The van der Waals surface area contributed by atoms with Gasteiger partial charge in [-0.1, -0.05) is 13.8 Å². The Hall–Kier alpha value is -0.940. The fourth-order valence-electron chi connectivity index (χ4n) is 3.23. The zero-order chi connectivity index (χ0) is 14.8. The van der Waals surface area contributed by atoms with Crippen molar-refractivity contribution in [2.24, 2.45) is 0 Å². The SMILES string of the molecule is CCn1ncnc1CN1CC(C)(C)NCC1(CC)CC. The molecule has 0 aromatic carbocycles. The lowest BCUT2D eigenvalue weighted by Gasteiger charge is -2.52. The molecule has 114 valence electrons. The molecule has 0 unspecified atom stereocenters. The van der Waals surface area contributed by atoms with Gasteiger partial charge in [-0.3, -0.25) is 4.90 Å². The molecule has 20 heavy (non-hydrogen) atoms. The Bertz CT molecular complexity index is 433. The van der Waals surface area contributed by atoms with Crippen molar-refractivity contribution in [3.05, 3.63) is 12.2 Å². The molecule has 1 aliphatic heterocycles. The van der Waals surface area contributed by atoms with Crippen molar-refractivity contribution >= 4 is 0 Å². The summed E-state index contributed by atoms with van der Waals surface area (Å²) < 4.78 is 2.01. The zero-order valence-corrected chi connectivity index (χ0v) is 13.6. The van der Waals surface area contributed by atoms with Crippen LogP contribution in [-0.2, 0) is 13.1 Å². The second kappa shape index (κ2) is 5.82. The van der Waals surface area contributed by atoms with Gasteiger partial charge in [0.1, 0.15) is 12.2 Å². The number of hydrogen-bond acceptors (Lipinski definition) is 4. The van der Waals surface area contributed by atoms with E-state index in [4.69, 9.17) is 0 Å². The average molecular weight is 279 g/mol. The van der Waals surface area contributed by atoms with Crippen LogP contribution < -0.4 is 5.32 Å². The van der Waals surface area contributed by atoms with Crippen molar-refractivity contribution in [3.63, 3.8) is 0 Å². The number of nitrogens with one attached hydrogen (secondary N) is 1. The van der Waals surface area contributed by atoms with E-state index in [1.54, 1.807) is 6.33 Å². The molecule has 1 fully saturated rings. The molecular formula is C15H29N5. The van der Waals surface area contributed by atoms with Crippen LogP contribution in [0.4, 0.5) is 0 Å². The van der Waals surface area contributed by atoms with Crippen LogP contribution >= 0.6 is 0 Å². The van der Waals surface area contributed by atoms with Crippen LogP contribution in [0.2, 0.25) is 0 Å². The molecule has 0 amide bonds. The normalized spacial score (nSPS) is 22.1. The maximum Gasteiger partial charge on any atom is 0.141 e. The molecule has 0 spiro atoms. The first-order valence-corrected chi connectivity index (χ1v) is 7.83. The first kappa shape index (κ1) is 15.4. The molecule has 0 saturated carbocycles. The van der Waals surface area contributed by atoms with E-state index in [1.807, 2.05) is 4.68 Å². The minimum atomic E-state index is 0.158. The number of hydrogen-bond donors (Lipinski definition) is 1. The number of piperazine rings is 1. The van der Waals surface area contributed by atoms with Gasteiger partial charge in [-0.2, -0.15) is 5.10 Å². The van der Waals surface area contributed by atoms with Gasteiger partial charge in [-0.25, -0.2) is 9.67 Å². The van der Waals surface area contributed by atoms with Gasteiger partial charge < -0.3 is 5.32 Å². The van der Waals surface area contributed by atoms with Crippen LogP contribution in [0.3, 0.4) is 0 Å². The lowest BCUT2D eigenvalue weighted by Crippen LogP contribution is -2.67. The number of aryl methyl sites for hydroxylation is 1. The maximum absolute atomic E-state index is 4.45. The Morgan fingerprint density at radius 1 is 1.25 bits per heavy atom. The molecule has 0 aliphatic carbocycles. The molecule has 2 rings (SSSR count). The maximum atomic E-state index is 4.45. The topological polar surface area (TPSA) is 46.0 Å². The second-order valence-corrected chi connectivity index (χ2v) is 6.52. The standard InChI is InChI=1S/C15H29N5/c1-6-15(7-2)10-17-14(4,5)11-19(15)9-13-16-12-18-20(13)8-3/h12,17H,6-11H2,1-5H3. The number of rotatable bonds is 5. The van der Waals surface area contributed by atoms with Crippen LogP contribution in [0.15, 0.2) is 6.33 Å². The molecule has 5 nitrogen and oxygen atoms in total. The Morgan fingerprint density at radius 2 is 1.95 bits per heavy atom. The molecule has 1 saturated heterocycles. The number of aromatic nitrogens is 3. The van der Waals surface area contributed by atoms with Gasteiger partial charge in [0.25, 0.3) is 0 Å². The van der Waals surface area contributed by atoms with E-state index in [0.717, 1.165) is 44.8 Å². The lowest BCUT2D eigenvalue weighted by molar-refractivity contribution is -0.000363. The van der Waals surface area contributed by atoms with E-state index in [9.17, 15) is 0 Å². The molecule has 0 bridgehead atoms. The highest BCUT2D eigenvalue weighted by atomic mass is 15.4. The van der Waals surface area contributed by atoms with Gasteiger partial charge in [-0.05, 0) is 33.6 Å². The quantitative estimate of drug-likeness (QED) is 0.896. The minimum absolute atomic E-state index is 0.158. The monoisotopic (exact) mass is 279 g/mol. The summed E-state index contributed by atoms with van der Waals surface area (Å²) in [6.45, 7) is 15.1. The Labute approximate surface area is 122 Å². The van der Waals surface area contributed by atoms with E-state index in [1.165, 1.54) is 0 Å². The van der Waals surface area contributed by atoms with E-state index in [2.05, 4.69) is 54.9 Å². The second-order valence-electron chi connectivity index (χ2n) is 6.52. The first-order valence-electron chi connectivity index (χ1n) is 7.83. The summed E-state index contributed by atoms with van der Waals surface area (Å²) in [4.78, 5) is 7.06. The van der Waals surface area contributed by atoms with Gasteiger partial charge in [0, 0.05) is 30.7 Å². The van der Waals surface area contributed by atoms with Crippen LogP contribution in [0.1, 0.15) is 53.3 Å². The van der Waals surface area contributed by atoms with Crippen LogP contribution in [0, 0.1) is 0 Å². The first-order chi connectivity index (χ1) is 9.46. The van der Waals surface area contributed by atoms with Gasteiger partial charge in [0.05, 0.1) is 6.54 Å². The minimum Gasteiger partial charge on any atom is -0.309 e. The van der Waals surface area contributed by atoms with Crippen LogP contribution in [0.5, 0.6) is 0 Å². The third-order valence-electron chi connectivity index (χ3n) is 4.80. The van der Waals surface area contributed by atoms with Gasteiger partial charge in [-0.15, -0.1) is 0 Å². The van der Waals surface area contributed by atoms with Crippen molar-refractivity contribution in [1.29, 1.82) is 0 Å². The van der Waals surface area contributed by atoms with Crippen molar-refractivity contribution in [1.82, 2.24) is 25.0 Å². The molecule has 1 aromatic rings. The Morgan fingerprint density at radius 3 is 2.55 bits per heavy atom. The summed E-state index contributed by atoms with van der Waals surface area (Å²) >= 11 is 0. The molecule has 1 N–H and O–H groups in total. The van der Waals surface area contributed by atoms with E-state index >= 15 is 0 Å². The fourth-order valence-corrected chi connectivity index (χ4v) is 3.23. The van der Waals surface area contributed by atoms with E-state index < -0.39 is 0 Å². The molecule has 2 heterocycles. The van der Waals surface area contributed by atoms with Gasteiger partial charge >= 0.3 is 0 Å². The van der Waals surface area contributed by atoms with Crippen LogP contribution in [-0.4, -0.2) is 43.8 Å². The summed E-state index contributed by atoms with van der Waals surface area (Å²) in [6.07, 6.45) is 3.99. The molecule has 0 radical (unpaired) electrons. The third-order valence-corrected chi connectivity index (χ3v) is 4.80. The molecule has 5 heteroatoms. The van der Waals surface area contributed by atoms with Crippen LogP contribution in [0.25, 0.3) is 0 Å². The highest BCUT2D eigenvalue weighted by molar-refractivity contribution is 5.02. The van der Waals surface area contributed by atoms with Crippen molar-refractivity contribution in [2.45, 2.75) is 71.6 Å². The largest absolute Gasteiger partial charge is 0.309 e. The Kier molecular flexibility index (Phi) is 4.49. The van der Waals surface area contributed by atoms with Gasteiger partial charge in [0.15, 0.2) is 0 Å². The summed E-state index contributed by atoms with van der Waals surface area (Å²) in [7, 11) is 0. The van der Waals surface area contributed by atoms with E-state index in [-0.39, 0.29) is 11.1 Å². The fraction of sp³-hybridized carbons (Fsp3) is 0.867. The average Bonchev–Trinajstić information content (AvgIpc) is 2.86. The molecular weight excluding hydrogens is 250 g/mol. The van der Waals surface area contributed by atoms with Gasteiger partial charge in [0.2, 0.25) is 0 Å².